The first-order valence-electron chi connectivity index (χ1n) is 12.7. The lowest BCUT2D eigenvalue weighted by atomic mass is 9.79. The second-order valence-corrected chi connectivity index (χ2v) is 10.4. The lowest BCUT2D eigenvalue weighted by Gasteiger charge is -2.33. The highest BCUT2D eigenvalue weighted by atomic mass is 15.2. The van der Waals surface area contributed by atoms with Crippen molar-refractivity contribution in [3.63, 3.8) is 0 Å². The second kappa shape index (κ2) is 11.0. The molecule has 0 saturated carbocycles. The molecule has 1 unspecified atom stereocenters. The quantitative estimate of drug-likeness (QED) is 0.276. The average Bonchev–Trinajstić information content (AvgIpc) is 3.08. The zero-order valence-electron chi connectivity index (χ0n) is 22.7. The van der Waals surface area contributed by atoms with Gasteiger partial charge in [0, 0.05) is 47.9 Å². The van der Waals surface area contributed by atoms with Crippen molar-refractivity contribution in [3.05, 3.63) is 126 Å². The van der Waals surface area contributed by atoms with Crippen LogP contribution in [0.2, 0.25) is 0 Å². The minimum absolute atomic E-state index is 0.00388. The van der Waals surface area contributed by atoms with Crippen molar-refractivity contribution in [3.8, 4) is 0 Å². The van der Waals surface area contributed by atoms with E-state index in [0.29, 0.717) is 6.04 Å². The van der Waals surface area contributed by atoms with E-state index in [2.05, 4.69) is 138 Å². The average molecular weight is 467 g/mol. The molecular weight excluding hydrogens is 424 g/mol. The zero-order chi connectivity index (χ0) is 25.6. The molecule has 3 rings (SSSR count). The lowest BCUT2D eigenvalue weighted by Crippen LogP contribution is -2.36. The molecule has 2 nitrogen and oxygen atoms in total. The number of rotatable bonds is 7. The molecule has 2 aliphatic heterocycles. The van der Waals surface area contributed by atoms with Gasteiger partial charge in [-0.1, -0.05) is 95.0 Å². The number of hydrogen-bond donors (Lipinski definition) is 0. The molecule has 0 aromatic carbocycles. The highest BCUT2D eigenvalue weighted by Gasteiger charge is 2.43. The van der Waals surface area contributed by atoms with Crippen LogP contribution in [0.3, 0.4) is 0 Å². The van der Waals surface area contributed by atoms with Gasteiger partial charge in [-0.25, -0.2) is 0 Å². The van der Waals surface area contributed by atoms with Crippen LogP contribution < -0.4 is 0 Å². The Balaban J connectivity index is 1.70. The molecule has 35 heavy (non-hydrogen) atoms. The Labute approximate surface area is 213 Å². The molecule has 0 radical (unpaired) electrons. The molecule has 0 fully saturated rings. The molecule has 0 amide bonds. The van der Waals surface area contributed by atoms with Gasteiger partial charge in [-0.05, 0) is 49.3 Å². The molecule has 0 saturated heterocycles. The third-order valence-corrected chi connectivity index (χ3v) is 7.70. The van der Waals surface area contributed by atoms with E-state index in [9.17, 15) is 0 Å². The highest BCUT2D eigenvalue weighted by Crippen LogP contribution is 2.47. The Hall–Kier alpha value is -3.22. The largest absolute Gasteiger partial charge is 0.367 e. The number of nitrogens with zero attached hydrogens (tertiary/aromatic N) is 2. The Kier molecular flexibility index (Phi) is 8.30. The molecule has 0 aromatic heterocycles. The maximum absolute atomic E-state index is 3.80. The van der Waals surface area contributed by atoms with Crippen molar-refractivity contribution in [1.82, 2.24) is 9.80 Å². The summed E-state index contributed by atoms with van der Waals surface area (Å²) in [5, 5.41) is 0. The molecule has 0 spiro atoms. The van der Waals surface area contributed by atoms with Crippen LogP contribution in [-0.4, -0.2) is 29.4 Å². The Morgan fingerprint density at radius 1 is 1.09 bits per heavy atom. The van der Waals surface area contributed by atoms with Crippen molar-refractivity contribution >= 4 is 0 Å². The maximum Gasteiger partial charge on any atom is 0.0565 e. The summed E-state index contributed by atoms with van der Waals surface area (Å²) in [7, 11) is 2.14. The summed E-state index contributed by atoms with van der Waals surface area (Å²) in [5.41, 5.74) is 10.1. The summed E-state index contributed by atoms with van der Waals surface area (Å²) < 4.78 is 0. The van der Waals surface area contributed by atoms with Crippen LogP contribution in [-0.2, 0) is 0 Å². The van der Waals surface area contributed by atoms with Gasteiger partial charge < -0.3 is 9.80 Å². The van der Waals surface area contributed by atoms with Crippen LogP contribution in [0.25, 0.3) is 0 Å². The van der Waals surface area contributed by atoms with Crippen LogP contribution in [0, 0.1) is 10.8 Å². The third-order valence-electron chi connectivity index (χ3n) is 7.70. The number of likely N-dealkylation sites (N-methyl/N-ethyl adjacent to an activating group) is 2. The third kappa shape index (κ3) is 5.24. The van der Waals surface area contributed by atoms with E-state index in [0.717, 1.165) is 13.0 Å². The van der Waals surface area contributed by atoms with E-state index >= 15 is 0 Å². The number of hydrogen-bond acceptors (Lipinski definition) is 2. The first kappa shape index (κ1) is 26.4. The molecule has 2 heteroatoms. The van der Waals surface area contributed by atoms with Gasteiger partial charge in [0.2, 0.25) is 0 Å². The highest BCUT2D eigenvalue weighted by molar-refractivity contribution is 5.45. The minimum Gasteiger partial charge on any atom is -0.367 e. The smallest absolute Gasteiger partial charge is 0.0565 e. The van der Waals surface area contributed by atoms with Gasteiger partial charge in [0.05, 0.1) is 6.04 Å². The lowest BCUT2D eigenvalue weighted by molar-refractivity contribution is 0.238. The normalized spacial score (nSPS) is 25.8. The molecule has 1 atom stereocenters. The molecule has 0 aromatic rings. The first-order chi connectivity index (χ1) is 16.7. The standard InChI is InChI=1S/C33H42N2/c1-9-11-22-28-26(3)32(4,5)30(34(28)8)24-19-13-12-14-20-25-31-33(6,7)27-21-17-15-16-18-23-29(27)35(31)10-2/h9,11-16,18-22,24-25,31H,1,10,23H2,2-8H3/b14-12+,18-16-,19-13+,22-11-,25-20+,30-24+. The fourth-order valence-electron chi connectivity index (χ4n) is 5.44. The molecule has 184 valence electrons. The van der Waals surface area contributed by atoms with Crippen LogP contribution in [0.15, 0.2) is 126 Å². The van der Waals surface area contributed by atoms with E-state index in [4.69, 9.17) is 0 Å². The van der Waals surface area contributed by atoms with Gasteiger partial charge in [-0.3, -0.25) is 0 Å². The predicted octanol–water partition coefficient (Wildman–Crippen LogP) is 8.18. The van der Waals surface area contributed by atoms with Gasteiger partial charge in [-0.15, -0.1) is 5.73 Å². The summed E-state index contributed by atoms with van der Waals surface area (Å²) in [5.74, 6) is 0. The summed E-state index contributed by atoms with van der Waals surface area (Å²) in [6, 6.07) is 0.335. The van der Waals surface area contributed by atoms with Gasteiger partial charge >= 0.3 is 0 Å². The summed E-state index contributed by atoms with van der Waals surface area (Å²) >= 11 is 0. The fourth-order valence-corrected chi connectivity index (χ4v) is 5.44. The van der Waals surface area contributed by atoms with Crippen molar-refractivity contribution in [2.45, 2.75) is 54.0 Å². The fraction of sp³-hybridized carbons (Fsp3) is 0.364. The van der Waals surface area contributed by atoms with E-state index in [1.807, 2.05) is 18.2 Å². The first-order valence-corrected chi connectivity index (χ1v) is 12.7. The maximum atomic E-state index is 3.80. The number of allylic oxidation sites excluding steroid dienone is 13. The molecule has 3 aliphatic rings. The van der Waals surface area contributed by atoms with Crippen molar-refractivity contribution in [1.29, 1.82) is 0 Å². The van der Waals surface area contributed by atoms with Gasteiger partial charge in [-0.2, -0.15) is 0 Å². The van der Waals surface area contributed by atoms with Crippen molar-refractivity contribution in [2.24, 2.45) is 10.8 Å². The van der Waals surface area contributed by atoms with Crippen LogP contribution >= 0.6 is 0 Å². The van der Waals surface area contributed by atoms with E-state index in [1.54, 1.807) is 0 Å². The van der Waals surface area contributed by atoms with E-state index in [1.165, 1.54) is 28.2 Å². The monoisotopic (exact) mass is 466 g/mol. The molecule has 2 heterocycles. The van der Waals surface area contributed by atoms with Gasteiger partial charge in [0.15, 0.2) is 0 Å². The molecule has 0 N–H and O–H groups in total. The predicted molar refractivity (Wildman–Crippen MR) is 152 cm³/mol. The Morgan fingerprint density at radius 2 is 1.80 bits per heavy atom. The van der Waals surface area contributed by atoms with Crippen LogP contribution in [0.4, 0.5) is 0 Å². The Bertz CT molecular complexity index is 1130. The topological polar surface area (TPSA) is 6.48 Å². The van der Waals surface area contributed by atoms with E-state index in [-0.39, 0.29) is 10.8 Å². The van der Waals surface area contributed by atoms with Crippen molar-refractivity contribution < 1.29 is 0 Å². The molecular formula is C33H42N2. The Morgan fingerprint density at radius 3 is 2.51 bits per heavy atom. The summed E-state index contributed by atoms with van der Waals surface area (Å²) in [6.45, 7) is 18.5. The van der Waals surface area contributed by atoms with Gasteiger partial charge in [0.25, 0.3) is 0 Å². The summed E-state index contributed by atoms with van der Waals surface area (Å²) in [6.07, 6.45) is 30.7. The van der Waals surface area contributed by atoms with Crippen LogP contribution in [0.1, 0.15) is 48.0 Å². The molecule has 1 aliphatic carbocycles. The second-order valence-electron chi connectivity index (χ2n) is 10.4. The van der Waals surface area contributed by atoms with E-state index < -0.39 is 0 Å². The minimum atomic E-state index is 0.00388. The summed E-state index contributed by atoms with van der Waals surface area (Å²) in [4.78, 5) is 4.82. The van der Waals surface area contributed by atoms with Crippen molar-refractivity contribution in [2.75, 3.05) is 13.6 Å². The zero-order valence-corrected chi connectivity index (χ0v) is 22.7. The molecule has 0 bridgehead atoms. The SMILES string of the molecule is C=C/C=C\C1=C(C)C(C)(C)\C(=C/C=C/C=C/C=C/C2N(CC)C3=C(C=C=C/C=C\C3)C2(C)C)N1C. The van der Waals surface area contributed by atoms with Gasteiger partial charge in [0.1, 0.15) is 0 Å². The van der Waals surface area contributed by atoms with Crippen LogP contribution in [0.5, 0.6) is 0 Å².